The second kappa shape index (κ2) is 8.81. The average Bonchev–Trinajstić information content (AvgIpc) is 2.97. The van der Waals surface area contributed by atoms with Gasteiger partial charge in [-0.3, -0.25) is 4.90 Å². The maximum atomic E-state index is 12.6. The number of halogens is 6. The number of aliphatic imine (C=N–C) groups is 1. The molecule has 0 bridgehead atoms. The number of hydrogen-bond donors (Lipinski definition) is 2. The molecule has 2 N–H and O–H groups in total. The van der Waals surface area contributed by atoms with E-state index in [0.29, 0.717) is 31.0 Å². The van der Waals surface area contributed by atoms with Crippen LogP contribution < -0.4 is 10.6 Å². The number of benzene rings is 1. The van der Waals surface area contributed by atoms with Gasteiger partial charge in [-0.2, -0.15) is 26.3 Å². The van der Waals surface area contributed by atoms with Crippen molar-refractivity contribution in [3.05, 3.63) is 35.4 Å². The fraction of sp³-hybridized carbons (Fsp3) is 0.588. The Morgan fingerprint density at radius 1 is 1.15 bits per heavy atom. The average molecular weight is 396 g/mol. The summed E-state index contributed by atoms with van der Waals surface area (Å²) in [5.41, 5.74) is -0.124. The third-order valence-electron chi connectivity index (χ3n) is 4.06. The zero-order valence-electron chi connectivity index (χ0n) is 14.8. The molecule has 1 aromatic carbocycles. The van der Waals surface area contributed by atoms with Gasteiger partial charge >= 0.3 is 12.4 Å². The van der Waals surface area contributed by atoms with Crippen LogP contribution in [0.2, 0.25) is 0 Å². The van der Waals surface area contributed by atoms with Crippen LogP contribution in [0.4, 0.5) is 26.3 Å². The van der Waals surface area contributed by atoms with Crippen molar-refractivity contribution in [1.29, 1.82) is 0 Å². The fourth-order valence-electron chi connectivity index (χ4n) is 2.83. The minimum Gasteiger partial charge on any atom is -0.357 e. The molecule has 1 atom stereocenters. The molecule has 1 aliphatic heterocycles. The summed E-state index contributed by atoms with van der Waals surface area (Å²) in [4.78, 5) is 5.64. The molecule has 0 aliphatic carbocycles. The number of likely N-dealkylation sites (tertiary alicyclic amines) is 1. The molecular weight excluding hydrogens is 374 g/mol. The van der Waals surface area contributed by atoms with Crippen molar-refractivity contribution in [2.24, 2.45) is 4.99 Å². The van der Waals surface area contributed by atoms with E-state index < -0.39 is 24.5 Å². The zero-order chi connectivity index (χ0) is 20.1. The van der Waals surface area contributed by atoms with E-state index in [1.54, 1.807) is 0 Å². The van der Waals surface area contributed by atoms with Crippen molar-refractivity contribution < 1.29 is 26.3 Å². The summed E-state index contributed by atoms with van der Waals surface area (Å²) in [6, 6.07) is 4.54. The van der Waals surface area contributed by atoms with Crippen molar-refractivity contribution >= 4 is 5.96 Å². The zero-order valence-corrected chi connectivity index (χ0v) is 14.8. The third kappa shape index (κ3) is 7.28. The maximum Gasteiger partial charge on any atom is 0.416 e. The van der Waals surface area contributed by atoms with Gasteiger partial charge in [0.15, 0.2) is 5.96 Å². The lowest BCUT2D eigenvalue weighted by atomic mass is 10.1. The quantitative estimate of drug-likeness (QED) is 0.455. The summed E-state index contributed by atoms with van der Waals surface area (Å²) in [6.45, 7) is 2.22. The Hall–Kier alpha value is -1.97. The second-order valence-corrected chi connectivity index (χ2v) is 6.37. The van der Waals surface area contributed by atoms with Gasteiger partial charge in [0.25, 0.3) is 0 Å². The van der Waals surface area contributed by atoms with Crippen molar-refractivity contribution in [3.63, 3.8) is 0 Å². The standard InChI is InChI=1S/C17H22F6N4/c1-2-24-15(26-14-7-8-27(10-14)11-16(18,19)20)25-9-12-3-5-13(6-4-12)17(21,22)23/h3-6,14H,2,7-11H2,1H3,(H2,24,25,26). The van der Waals surface area contributed by atoms with Crippen LogP contribution in [0.15, 0.2) is 29.3 Å². The summed E-state index contributed by atoms with van der Waals surface area (Å²) in [5, 5.41) is 6.09. The molecule has 1 heterocycles. The highest BCUT2D eigenvalue weighted by Crippen LogP contribution is 2.29. The Morgan fingerprint density at radius 3 is 2.37 bits per heavy atom. The molecule has 1 unspecified atom stereocenters. The molecule has 0 spiro atoms. The number of rotatable bonds is 5. The van der Waals surface area contributed by atoms with E-state index in [-0.39, 0.29) is 19.1 Å². The van der Waals surface area contributed by atoms with Crippen LogP contribution in [-0.2, 0) is 12.7 Å². The predicted molar refractivity (Wildman–Crippen MR) is 90.3 cm³/mol. The summed E-state index contributed by atoms with van der Waals surface area (Å²) in [6.07, 6.45) is -8.06. The maximum absolute atomic E-state index is 12.6. The molecule has 2 rings (SSSR count). The normalized spacial score (nSPS) is 19.4. The summed E-state index contributed by atoms with van der Waals surface area (Å²) < 4.78 is 75.1. The van der Waals surface area contributed by atoms with Crippen LogP contribution in [0, 0.1) is 0 Å². The molecule has 0 amide bonds. The Bertz CT molecular complexity index is 624. The highest BCUT2D eigenvalue weighted by atomic mass is 19.4. The topological polar surface area (TPSA) is 39.7 Å². The Balaban J connectivity index is 1.93. The van der Waals surface area contributed by atoms with E-state index in [4.69, 9.17) is 0 Å². The number of guanidine groups is 1. The molecule has 1 saturated heterocycles. The molecule has 152 valence electrons. The van der Waals surface area contributed by atoms with E-state index in [2.05, 4.69) is 15.6 Å². The van der Waals surface area contributed by atoms with Crippen LogP contribution >= 0.6 is 0 Å². The Morgan fingerprint density at radius 2 is 1.81 bits per heavy atom. The third-order valence-corrected chi connectivity index (χ3v) is 4.06. The van der Waals surface area contributed by atoms with Crippen molar-refractivity contribution in [3.8, 4) is 0 Å². The first-order valence-electron chi connectivity index (χ1n) is 8.57. The van der Waals surface area contributed by atoms with Crippen LogP contribution in [0.1, 0.15) is 24.5 Å². The van der Waals surface area contributed by atoms with Crippen LogP contribution in [-0.4, -0.2) is 49.3 Å². The molecule has 4 nitrogen and oxygen atoms in total. The molecule has 0 saturated carbocycles. The minimum atomic E-state index is -4.39. The molecule has 27 heavy (non-hydrogen) atoms. The summed E-state index contributed by atoms with van der Waals surface area (Å²) >= 11 is 0. The minimum absolute atomic E-state index is 0.159. The first-order chi connectivity index (χ1) is 12.6. The van der Waals surface area contributed by atoms with Gasteiger partial charge in [-0.25, -0.2) is 4.99 Å². The highest BCUT2D eigenvalue weighted by molar-refractivity contribution is 5.80. The van der Waals surface area contributed by atoms with Crippen molar-refractivity contribution in [2.45, 2.75) is 38.3 Å². The van der Waals surface area contributed by atoms with E-state index in [1.807, 2.05) is 6.92 Å². The van der Waals surface area contributed by atoms with Gasteiger partial charge in [-0.1, -0.05) is 12.1 Å². The van der Waals surface area contributed by atoms with Gasteiger partial charge in [-0.15, -0.1) is 0 Å². The number of nitrogens with one attached hydrogen (secondary N) is 2. The lowest BCUT2D eigenvalue weighted by Crippen LogP contribution is -2.45. The Kier molecular flexibility index (Phi) is 6.96. The number of nitrogens with zero attached hydrogens (tertiary/aromatic N) is 2. The van der Waals surface area contributed by atoms with E-state index in [0.717, 1.165) is 12.1 Å². The Labute approximate surface area is 153 Å². The monoisotopic (exact) mass is 396 g/mol. The van der Waals surface area contributed by atoms with Gasteiger partial charge in [-0.05, 0) is 31.0 Å². The lowest BCUT2D eigenvalue weighted by Gasteiger charge is -2.19. The predicted octanol–water partition coefficient (Wildman–Crippen LogP) is 3.40. The molecule has 1 aliphatic rings. The fourth-order valence-corrected chi connectivity index (χ4v) is 2.83. The highest BCUT2D eigenvalue weighted by Gasteiger charge is 2.34. The van der Waals surface area contributed by atoms with Crippen molar-refractivity contribution in [1.82, 2.24) is 15.5 Å². The lowest BCUT2D eigenvalue weighted by molar-refractivity contribution is -0.143. The number of alkyl halides is 6. The van der Waals surface area contributed by atoms with Gasteiger partial charge in [0.05, 0.1) is 18.7 Å². The summed E-state index contributed by atoms with van der Waals surface area (Å²) in [5.74, 6) is 0.427. The number of hydrogen-bond acceptors (Lipinski definition) is 2. The van der Waals surface area contributed by atoms with E-state index in [1.165, 1.54) is 17.0 Å². The first kappa shape index (κ1) is 21.3. The van der Waals surface area contributed by atoms with Gasteiger partial charge < -0.3 is 10.6 Å². The van der Waals surface area contributed by atoms with Crippen molar-refractivity contribution in [2.75, 3.05) is 26.2 Å². The molecular formula is C17H22F6N4. The van der Waals surface area contributed by atoms with E-state index in [9.17, 15) is 26.3 Å². The largest absolute Gasteiger partial charge is 0.416 e. The van der Waals surface area contributed by atoms with Crippen LogP contribution in [0.3, 0.4) is 0 Å². The molecule has 1 fully saturated rings. The van der Waals surface area contributed by atoms with Crippen LogP contribution in [0.5, 0.6) is 0 Å². The molecule has 1 aromatic rings. The molecule has 0 radical (unpaired) electrons. The van der Waals surface area contributed by atoms with Crippen LogP contribution in [0.25, 0.3) is 0 Å². The molecule has 0 aromatic heterocycles. The first-order valence-corrected chi connectivity index (χ1v) is 8.57. The van der Waals surface area contributed by atoms with E-state index >= 15 is 0 Å². The van der Waals surface area contributed by atoms with Gasteiger partial charge in [0.1, 0.15) is 0 Å². The van der Waals surface area contributed by atoms with Gasteiger partial charge in [0.2, 0.25) is 0 Å². The smallest absolute Gasteiger partial charge is 0.357 e. The second-order valence-electron chi connectivity index (χ2n) is 6.37. The summed E-state index contributed by atoms with van der Waals surface area (Å²) in [7, 11) is 0. The SMILES string of the molecule is CCNC(=NCc1ccc(C(F)(F)F)cc1)NC1CCN(CC(F)(F)F)C1. The molecule has 10 heteroatoms. The van der Waals surface area contributed by atoms with Gasteiger partial charge in [0, 0.05) is 25.7 Å².